The quantitative estimate of drug-likeness (QED) is 0.147. The number of nitrogens with zero attached hydrogens (tertiary/aromatic N) is 2. The lowest BCUT2D eigenvalue weighted by atomic mass is 9.42. The molecule has 0 saturated carbocycles. The van der Waals surface area contributed by atoms with E-state index in [2.05, 4.69) is 170 Å². The van der Waals surface area contributed by atoms with Gasteiger partial charge in [0.25, 0.3) is 0 Å². The Balaban J connectivity index is 1.72. The van der Waals surface area contributed by atoms with E-state index < -0.39 is 0 Å². The van der Waals surface area contributed by atoms with Crippen LogP contribution in [0.2, 0.25) is 0 Å². The van der Waals surface area contributed by atoms with Gasteiger partial charge in [-0.1, -0.05) is 81.6 Å². The fourth-order valence-electron chi connectivity index (χ4n) is 7.90. The van der Waals surface area contributed by atoms with Crippen LogP contribution in [-0.4, -0.2) is 95.9 Å². The fraction of sp³-hybridized carbons (Fsp3) is 0.0294. The number of rotatable bonds is 4. The molecule has 0 radical (unpaired) electrons. The summed E-state index contributed by atoms with van der Waals surface area (Å²) in [6, 6.07) is 28.8. The summed E-state index contributed by atoms with van der Waals surface area (Å²) < 4.78 is 2.38. The lowest BCUT2D eigenvalue weighted by molar-refractivity contribution is 0.930. The molecule has 0 saturated heterocycles. The smallest absolute Gasteiger partial charge is 0.139 e. The second-order valence-corrected chi connectivity index (χ2v) is 14.7. The molecule has 0 unspecified atom stereocenters. The standard InChI is InChI=1S/C34H35B11N2/c35-25-21-19(14-7-2-1-3-8-14)22-24(28(38)32(42)30(40)26(22)36)20(23(21)27(37)31(41)29(25)39)15-9-6-10-16(13-15)47-18-12-5-4-11-17(18)46-33(47)34(43,44)45/h1-13H,35-45H2. The minimum Gasteiger partial charge on any atom is -0.298 e. The third kappa shape index (κ3) is 4.75. The first-order valence-electron chi connectivity index (χ1n) is 16.9. The zero-order valence-corrected chi connectivity index (χ0v) is 29.9. The molecule has 47 heavy (non-hydrogen) atoms. The van der Waals surface area contributed by atoms with E-state index in [0.717, 1.165) is 22.5 Å². The van der Waals surface area contributed by atoms with Crippen LogP contribution in [-0.2, 0) is 5.11 Å². The maximum Gasteiger partial charge on any atom is 0.139 e. The Labute approximate surface area is 288 Å². The molecule has 2 nitrogen and oxygen atoms in total. The molecule has 6 aromatic carbocycles. The maximum absolute atomic E-state index is 5.16. The highest BCUT2D eigenvalue weighted by molar-refractivity contribution is 6.71. The van der Waals surface area contributed by atoms with E-state index in [1.165, 1.54) is 87.5 Å². The molecular formula is C34H35B11N2. The van der Waals surface area contributed by atoms with Gasteiger partial charge in [-0.25, -0.2) is 4.98 Å². The summed E-state index contributed by atoms with van der Waals surface area (Å²) in [7, 11) is 25.3. The first-order valence-corrected chi connectivity index (χ1v) is 16.9. The van der Waals surface area contributed by atoms with Crippen molar-refractivity contribution < 1.29 is 0 Å². The van der Waals surface area contributed by atoms with Gasteiger partial charge in [0, 0.05) is 5.69 Å². The van der Waals surface area contributed by atoms with Crippen LogP contribution >= 0.6 is 0 Å². The predicted octanol–water partition coefficient (Wildman–Crippen LogP) is -8.26. The van der Waals surface area contributed by atoms with Gasteiger partial charge in [0.15, 0.2) is 0 Å². The number of hydrogen-bond donors (Lipinski definition) is 0. The van der Waals surface area contributed by atoms with Crippen LogP contribution in [0.15, 0.2) is 78.9 Å². The van der Waals surface area contributed by atoms with Crippen molar-refractivity contribution in [3.8, 4) is 27.9 Å². The third-order valence-electron chi connectivity index (χ3n) is 11.1. The van der Waals surface area contributed by atoms with E-state index in [-0.39, 0.29) is 5.11 Å². The van der Waals surface area contributed by atoms with E-state index in [0.29, 0.717) is 0 Å². The monoisotopic (exact) mass is 592 g/mol. The summed E-state index contributed by atoms with van der Waals surface area (Å²) in [4.78, 5) is 5.16. The van der Waals surface area contributed by atoms with Gasteiger partial charge < -0.3 is 0 Å². The highest BCUT2D eigenvalue weighted by atomic mass is 15.1. The minimum atomic E-state index is -0.129. The van der Waals surface area contributed by atoms with Gasteiger partial charge in [0.1, 0.15) is 62.8 Å². The summed E-state index contributed by atoms with van der Waals surface area (Å²) in [5.41, 5.74) is 19.5. The minimum absolute atomic E-state index is 0.129. The SMILES string of the molecule is Bc1c(B)c(B)c2c(-c3cccc(-n4c(C(B)(B)B)nc5ccccc54)c3)c3c(B)c(B)c(B)c(B)c3c(-c3ccccc3)c2c1B. The molecule has 0 aliphatic heterocycles. The van der Waals surface area contributed by atoms with E-state index in [1.54, 1.807) is 0 Å². The Kier molecular flexibility index (Phi) is 7.62. The average molecular weight is 591 g/mol. The molecule has 0 fully saturated rings. The average Bonchev–Trinajstić information content (AvgIpc) is 3.48. The van der Waals surface area contributed by atoms with Crippen LogP contribution < -0.4 is 43.7 Å². The van der Waals surface area contributed by atoms with E-state index in [4.69, 9.17) is 4.98 Å². The topological polar surface area (TPSA) is 17.8 Å². The van der Waals surface area contributed by atoms with Crippen LogP contribution in [0.5, 0.6) is 0 Å². The molecule has 1 heterocycles. The molecule has 0 amide bonds. The molecule has 214 valence electrons. The lowest BCUT2D eigenvalue weighted by Gasteiger charge is -2.28. The molecule has 7 aromatic rings. The predicted molar refractivity (Wildman–Crippen MR) is 240 cm³/mol. The Hall–Kier alpha value is -3.98. The third-order valence-corrected chi connectivity index (χ3v) is 11.1. The Morgan fingerprint density at radius 1 is 0.468 bits per heavy atom. The first-order chi connectivity index (χ1) is 22.3. The van der Waals surface area contributed by atoms with Crippen molar-refractivity contribution >= 4 is 163 Å². The zero-order valence-electron chi connectivity index (χ0n) is 29.9. The highest BCUT2D eigenvalue weighted by Gasteiger charge is 2.27. The van der Waals surface area contributed by atoms with E-state index in [1.807, 2.05) is 0 Å². The maximum atomic E-state index is 5.16. The van der Waals surface area contributed by atoms with Crippen molar-refractivity contribution in [1.29, 1.82) is 0 Å². The highest BCUT2D eigenvalue weighted by Crippen LogP contribution is 2.41. The number of benzene rings is 6. The van der Waals surface area contributed by atoms with Crippen molar-refractivity contribution in [2.75, 3.05) is 0 Å². The Bertz CT molecular complexity index is 2350. The van der Waals surface area contributed by atoms with Crippen molar-refractivity contribution in [2.45, 2.75) is 5.11 Å². The van der Waals surface area contributed by atoms with Gasteiger partial charge in [0.2, 0.25) is 0 Å². The number of para-hydroxylation sites is 2. The number of hydrogen-bond acceptors (Lipinski definition) is 1. The lowest BCUT2D eigenvalue weighted by Crippen LogP contribution is -2.50. The second kappa shape index (κ2) is 11.3. The van der Waals surface area contributed by atoms with Gasteiger partial charge >= 0.3 is 0 Å². The van der Waals surface area contributed by atoms with Gasteiger partial charge in [-0.15, -0.1) is 21.9 Å². The molecular weight excluding hydrogens is 555 g/mol. The summed E-state index contributed by atoms with van der Waals surface area (Å²) in [5.74, 6) is 1.07. The van der Waals surface area contributed by atoms with E-state index in [9.17, 15) is 0 Å². The zero-order chi connectivity index (χ0) is 33.5. The van der Waals surface area contributed by atoms with Crippen LogP contribution in [0.1, 0.15) is 5.82 Å². The van der Waals surface area contributed by atoms with Crippen molar-refractivity contribution in [3.05, 3.63) is 84.7 Å². The second-order valence-electron chi connectivity index (χ2n) is 14.7. The molecule has 0 spiro atoms. The summed E-state index contributed by atoms with van der Waals surface area (Å²) in [6.45, 7) is 0. The molecule has 0 aliphatic rings. The molecule has 0 bridgehead atoms. The van der Waals surface area contributed by atoms with Crippen LogP contribution in [0, 0.1) is 0 Å². The normalized spacial score (nSPS) is 11.9. The van der Waals surface area contributed by atoms with Crippen molar-refractivity contribution in [2.24, 2.45) is 0 Å². The van der Waals surface area contributed by atoms with Crippen molar-refractivity contribution in [3.63, 3.8) is 0 Å². The van der Waals surface area contributed by atoms with Crippen molar-refractivity contribution in [1.82, 2.24) is 9.55 Å². The molecule has 1 aromatic heterocycles. The number of fused-ring (bicyclic) bond motifs is 3. The van der Waals surface area contributed by atoms with Gasteiger partial charge in [-0.2, -0.15) is 0 Å². The molecule has 0 N–H and O–H groups in total. The summed E-state index contributed by atoms with van der Waals surface area (Å²) in [6.07, 6.45) is 0. The van der Waals surface area contributed by atoms with Gasteiger partial charge in [0.05, 0.1) is 40.4 Å². The number of aromatic nitrogens is 2. The summed E-state index contributed by atoms with van der Waals surface area (Å²) >= 11 is 0. The van der Waals surface area contributed by atoms with E-state index >= 15 is 0 Å². The van der Waals surface area contributed by atoms with Gasteiger partial charge in [-0.3, -0.25) is 4.57 Å². The van der Waals surface area contributed by atoms with Crippen LogP contribution in [0.3, 0.4) is 0 Å². The number of imidazole rings is 1. The molecule has 13 heteroatoms. The van der Waals surface area contributed by atoms with Crippen LogP contribution in [0.25, 0.3) is 60.5 Å². The summed E-state index contributed by atoms with van der Waals surface area (Å²) in [5, 5.41) is 5.35. The Morgan fingerprint density at radius 2 is 0.915 bits per heavy atom. The molecule has 0 aliphatic carbocycles. The Morgan fingerprint density at radius 3 is 1.43 bits per heavy atom. The largest absolute Gasteiger partial charge is 0.298 e. The molecule has 7 rings (SSSR count). The van der Waals surface area contributed by atoms with Crippen LogP contribution in [0.4, 0.5) is 0 Å². The first kappa shape index (κ1) is 31.6. The van der Waals surface area contributed by atoms with Gasteiger partial charge in [-0.05, 0) is 68.1 Å². The molecule has 0 atom stereocenters. The fourth-order valence-corrected chi connectivity index (χ4v) is 7.90.